The molecule has 6 heteroatoms. The smallest absolute Gasteiger partial charge is 0.303 e. The van der Waals surface area contributed by atoms with Crippen molar-refractivity contribution < 1.29 is 19.0 Å². The average molecular weight is 520 g/mol. The predicted molar refractivity (Wildman–Crippen MR) is 149 cm³/mol. The summed E-state index contributed by atoms with van der Waals surface area (Å²) >= 11 is 2.01. The van der Waals surface area contributed by atoms with Crippen molar-refractivity contribution >= 4 is 23.4 Å². The molecule has 1 heterocycles. The molecule has 1 saturated heterocycles. The first-order valence-corrected chi connectivity index (χ1v) is 14.3. The molecule has 0 radical (unpaired) electrons. The molecule has 1 aliphatic carbocycles. The van der Waals surface area contributed by atoms with Gasteiger partial charge < -0.3 is 15.2 Å². The van der Waals surface area contributed by atoms with Crippen molar-refractivity contribution in [3.63, 3.8) is 0 Å². The number of fused-ring (bicyclic) bond motifs is 1. The van der Waals surface area contributed by atoms with Crippen molar-refractivity contribution in [2.75, 3.05) is 16.8 Å². The van der Waals surface area contributed by atoms with Crippen LogP contribution >= 0.6 is 11.8 Å². The lowest BCUT2D eigenvalue weighted by atomic mass is 9.90. The molecule has 4 nitrogen and oxygen atoms in total. The molecule has 2 aliphatic rings. The van der Waals surface area contributed by atoms with Crippen molar-refractivity contribution in [1.29, 1.82) is 0 Å². The summed E-state index contributed by atoms with van der Waals surface area (Å²) in [4.78, 5) is 10.8. The minimum Gasteiger partial charge on any atom is -0.490 e. The van der Waals surface area contributed by atoms with Crippen LogP contribution in [0.1, 0.15) is 59.5 Å². The van der Waals surface area contributed by atoms with Crippen LogP contribution in [-0.2, 0) is 17.6 Å². The van der Waals surface area contributed by atoms with Crippen LogP contribution in [0.3, 0.4) is 0 Å². The summed E-state index contributed by atoms with van der Waals surface area (Å²) in [5.41, 5.74) is 8.76. The van der Waals surface area contributed by atoms with Gasteiger partial charge in [0.05, 0.1) is 6.04 Å². The lowest BCUT2D eigenvalue weighted by Crippen LogP contribution is -2.22. The van der Waals surface area contributed by atoms with Gasteiger partial charge in [-0.3, -0.25) is 4.79 Å². The standard InChI is InChI=1S/C31H34FNO3S/c1-19-16-24(36-23-12-14-37-15-13-23)17-20(2)31(19)27-5-3-4-26-25(27)9-10-29(26)33-22-8-6-21(28(32)18-22)7-11-30(34)35/h3-6,8,16-18,23,29,33H,7,9-15H2,1-2H3,(H,34,35). The van der Waals surface area contributed by atoms with Gasteiger partial charge in [0.15, 0.2) is 0 Å². The molecule has 1 aliphatic heterocycles. The van der Waals surface area contributed by atoms with E-state index in [0.29, 0.717) is 11.7 Å². The van der Waals surface area contributed by atoms with E-state index in [1.54, 1.807) is 6.07 Å². The van der Waals surface area contributed by atoms with E-state index in [2.05, 4.69) is 49.5 Å². The molecule has 194 valence electrons. The van der Waals surface area contributed by atoms with E-state index >= 15 is 0 Å². The summed E-state index contributed by atoms with van der Waals surface area (Å²) in [5.74, 6) is 2.03. The number of anilines is 1. The van der Waals surface area contributed by atoms with E-state index in [-0.39, 0.29) is 24.7 Å². The molecule has 0 bridgehead atoms. The number of ether oxygens (including phenoxy) is 1. The zero-order chi connectivity index (χ0) is 25.9. The third kappa shape index (κ3) is 5.80. The van der Waals surface area contributed by atoms with E-state index in [9.17, 15) is 9.18 Å². The molecular formula is C31H34FNO3S. The highest BCUT2D eigenvalue weighted by Crippen LogP contribution is 2.42. The highest BCUT2D eigenvalue weighted by Gasteiger charge is 2.26. The Balaban J connectivity index is 1.36. The lowest BCUT2D eigenvalue weighted by molar-refractivity contribution is -0.136. The summed E-state index contributed by atoms with van der Waals surface area (Å²) in [6.45, 7) is 4.34. The zero-order valence-corrected chi connectivity index (χ0v) is 22.3. The highest BCUT2D eigenvalue weighted by atomic mass is 32.2. The van der Waals surface area contributed by atoms with E-state index in [1.165, 1.54) is 51.0 Å². The number of hydrogen-bond acceptors (Lipinski definition) is 4. The largest absolute Gasteiger partial charge is 0.490 e. The third-order valence-corrected chi connectivity index (χ3v) is 8.57. The van der Waals surface area contributed by atoms with E-state index in [4.69, 9.17) is 9.84 Å². The van der Waals surface area contributed by atoms with Crippen LogP contribution in [-0.4, -0.2) is 28.7 Å². The minimum absolute atomic E-state index is 0.0752. The molecule has 37 heavy (non-hydrogen) atoms. The van der Waals surface area contributed by atoms with E-state index in [0.717, 1.165) is 37.1 Å². The second-order valence-electron chi connectivity index (χ2n) is 10.2. The molecule has 0 spiro atoms. The maximum absolute atomic E-state index is 14.6. The number of thioether (sulfide) groups is 1. The average Bonchev–Trinajstić information content (AvgIpc) is 3.27. The van der Waals surface area contributed by atoms with E-state index in [1.807, 2.05) is 17.8 Å². The van der Waals surface area contributed by atoms with Gasteiger partial charge in [-0.15, -0.1) is 0 Å². The fourth-order valence-corrected chi connectivity index (χ4v) is 6.79. The second-order valence-corrected chi connectivity index (χ2v) is 11.4. The summed E-state index contributed by atoms with van der Waals surface area (Å²) in [5, 5.41) is 12.4. The first-order valence-electron chi connectivity index (χ1n) is 13.1. The number of halogens is 1. The van der Waals surface area contributed by atoms with Crippen LogP contribution in [0.15, 0.2) is 48.5 Å². The lowest BCUT2D eigenvalue weighted by Gasteiger charge is -2.24. The fourth-order valence-electron chi connectivity index (χ4n) is 5.72. The Morgan fingerprint density at radius 3 is 2.54 bits per heavy atom. The highest BCUT2D eigenvalue weighted by molar-refractivity contribution is 7.99. The Bertz CT molecular complexity index is 1280. The third-order valence-electron chi connectivity index (χ3n) is 7.52. The second kappa shape index (κ2) is 11.2. The van der Waals surface area contributed by atoms with Crippen molar-refractivity contribution in [1.82, 2.24) is 0 Å². The van der Waals surface area contributed by atoms with Crippen LogP contribution < -0.4 is 10.1 Å². The van der Waals surface area contributed by atoms with Gasteiger partial charge in [-0.25, -0.2) is 4.39 Å². The molecule has 1 atom stereocenters. The Morgan fingerprint density at radius 1 is 1.08 bits per heavy atom. The normalized spacial score (nSPS) is 17.4. The fraction of sp³-hybridized carbons (Fsp3) is 0.387. The zero-order valence-electron chi connectivity index (χ0n) is 21.5. The molecule has 0 amide bonds. The topological polar surface area (TPSA) is 58.6 Å². The Hall–Kier alpha value is -2.99. The maximum Gasteiger partial charge on any atom is 0.303 e. The Morgan fingerprint density at radius 2 is 1.84 bits per heavy atom. The first-order chi connectivity index (χ1) is 17.9. The first kappa shape index (κ1) is 25.7. The molecule has 3 aromatic rings. The number of nitrogens with one attached hydrogen (secondary N) is 1. The molecule has 1 unspecified atom stereocenters. The molecule has 0 saturated carbocycles. The van der Waals surface area contributed by atoms with Gasteiger partial charge in [0.25, 0.3) is 0 Å². The molecule has 3 aromatic carbocycles. The summed E-state index contributed by atoms with van der Waals surface area (Å²) < 4.78 is 20.9. The number of aryl methyl sites for hydroxylation is 3. The molecular weight excluding hydrogens is 485 g/mol. The monoisotopic (exact) mass is 519 g/mol. The van der Waals surface area contributed by atoms with Crippen LogP contribution in [0.2, 0.25) is 0 Å². The van der Waals surface area contributed by atoms with Gasteiger partial charge in [-0.05, 0) is 121 Å². The van der Waals surface area contributed by atoms with Crippen LogP contribution in [0.4, 0.5) is 10.1 Å². The predicted octanol–water partition coefficient (Wildman–Crippen LogP) is 7.50. The number of carboxylic acid groups (broad SMARTS) is 1. The van der Waals surface area contributed by atoms with Crippen molar-refractivity contribution in [2.24, 2.45) is 0 Å². The maximum atomic E-state index is 14.6. The van der Waals surface area contributed by atoms with Gasteiger partial charge >= 0.3 is 5.97 Å². The van der Waals surface area contributed by atoms with Gasteiger partial charge in [0.2, 0.25) is 0 Å². The molecule has 2 N–H and O–H groups in total. The summed E-state index contributed by atoms with van der Waals surface area (Å²) in [7, 11) is 0. The van der Waals surface area contributed by atoms with Gasteiger partial charge in [-0.2, -0.15) is 11.8 Å². The number of benzene rings is 3. The van der Waals surface area contributed by atoms with Crippen LogP contribution in [0.5, 0.6) is 5.75 Å². The Kier molecular flexibility index (Phi) is 7.75. The SMILES string of the molecule is Cc1cc(OC2CCSCC2)cc(C)c1-c1cccc2c1CCC2Nc1ccc(CCC(=O)O)c(F)c1. The molecule has 5 rings (SSSR count). The van der Waals surface area contributed by atoms with E-state index < -0.39 is 5.97 Å². The number of hydrogen-bond donors (Lipinski definition) is 2. The van der Waals surface area contributed by atoms with Crippen LogP contribution in [0, 0.1) is 19.7 Å². The van der Waals surface area contributed by atoms with Gasteiger partial charge in [0, 0.05) is 12.1 Å². The summed E-state index contributed by atoms with van der Waals surface area (Å²) in [6, 6.07) is 16.0. The van der Waals surface area contributed by atoms with Crippen molar-refractivity contribution in [2.45, 2.75) is 64.5 Å². The number of rotatable bonds is 8. The quantitative estimate of drug-likeness (QED) is 0.323. The van der Waals surface area contributed by atoms with Gasteiger partial charge in [0.1, 0.15) is 17.7 Å². The van der Waals surface area contributed by atoms with Crippen LogP contribution in [0.25, 0.3) is 11.1 Å². The van der Waals surface area contributed by atoms with Crippen molar-refractivity contribution in [3.05, 3.63) is 82.2 Å². The number of carbonyl (C=O) groups is 1. The molecule has 1 fully saturated rings. The van der Waals surface area contributed by atoms with Gasteiger partial charge in [-0.1, -0.05) is 24.3 Å². The number of carboxylic acids is 1. The molecule has 0 aromatic heterocycles. The summed E-state index contributed by atoms with van der Waals surface area (Å²) in [6.07, 6.45) is 4.55. The number of aliphatic carboxylic acids is 1. The van der Waals surface area contributed by atoms with Crippen molar-refractivity contribution in [3.8, 4) is 16.9 Å². The minimum atomic E-state index is -0.920. The Labute approximate surface area is 222 Å².